The number of thiophene rings is 1. The summed E-state index contributed by atoms with van der Waals surface area (Å²) in [5.41, 5.74) is -0.455. The molecule has 1 N–H and O–H groups in total. The second-order valence-electron chi connectivity index (χ2n) is 4.54. The van der Waals surface area contributed by atoms with Crippen LogP contribution in [0.15, 0.2) is 12.1 Å². The number of hydrogen-bond acceptors (Lipinski definition) is 4. The van der Waals surface area contributed by atoms with Gasteiger partial charge in [0.15, 0.2) is 0 Å². The van der Waals surface area contributed by atoms with Crippen LogP contribution in [-0.2, 0) is 15.9 Å². The maximum atomic E-state index is 10.5. The largest absolute Gasteiger partial charge is 0.390 e. The Bertz CT molecular complexity index is 369. The Morgan fingerprint density at radius 1 is 1.50 bits per heavy atom. The van der Waals surface area contributed by atoms with Gasteiger partial charge >= 0.3 is 0 Å². The van der Waals surface area contributed by atoms with Crippen molar-refractivity contribution >= 4 is 22.9 Å². The number of halogens is 1. The van der Waals surface area contributed by atoms with Gasteiger partial charge in [0.2, 0.25) is 0 Å². The minimum absolute atomic E-state index is 0.455. The molecule has 0 aliphatic carbocycles. The fourth-order valence-electron chi connectivity index (χ4n) is 2.42. The summed E-state index contributed by atoms with van der Waals surface area (Å²) < 4.78 is 12.0. The van der Waals surface area contributed by atoms with Gasteiger partial charge in [-0.05, 0) is 19.1 Å². The summed E-state index contributed by atoms with van der Waals surface area (Å²) in [6.07, 6.45) is 1.59. The fourth-order valence-corrected chi connectivity index (χ4v) is 3.54. The molecule has 1 aromatic heterocycles. The molecular weight excluding hydrogens is 272 g/mol. The van der Waals surface area contributed by atoms with Crippen LogP contribution in [0, 0.1) is 0 Å². The van der Waals surface area contributed by atoms with E-state index in [0.717, 1.165) is 22.1 Å². The Morgan fingerprint density at radius 3 is 2.78 bits per heavy atom. The van der Waals surface area contributed by atoms with Crippen LogP contribution in [-0.4, -0.2) is 36.6 Å². The average molecular weight is 291 g/mol. The van der Waals surface area contributed by atoms with Crippen LogP contribution in [0.25, 0.3) is 0 Å². The second kappa shape index (κ2) is 6.35. The zero-order valence-corrected chi connectivity index (χ0v) is 12.1. The Kier molecular flexibility index (Phi) is 5.04. The zero-order chi connectivity index (χ0) is 13.0. The van der Waals surface area contributed by atoms with E-state index in [9.17, 15) is 5.11 Å². The van der Waals surface area contributed by atoms with E-state index in [0.29, 0.717) is 26.2 Å². The first-order valence-corrected chi connectivity index (χ1v) is 7.50. The molecule has 0 saturated carbocycles. The first kappa shape index (κ1) is 14.3. The molecule has 2 heterocycles. The normalized spacial score (nSPS) is 20.8. The molecule has 0 bridgehead atoms. The smallest absolute Gasteiger partial charge is 0.0987 e. The van der Waals surface area contributed by atoms with Crippen molar-refractivity contribution < 1.29 is 14.6 Å². The predicted octanol–water partition coefficient (Wildman–Crippen LogP) is 2.89. The summed E-state index contributed by atoms with van der Waals surface area (Å²) in [6, 6.07) is 3.83. The van der Waals surface area contributed by atoms with Crippen molar-refractivity contribution in [2.75, 3.05) is 19.8 Å². The van der Waals surface area contributed by atoms with Crippen LogP contribution < -0.4 is 0 Å². The molecular formula is C13H19ClO3S. The summed E-state index contributed by atoms with van der Waals surface area (Å²) in [5, 5.41) is 10.5. The van der Waals surface area contributed by atoms with Crippen LogP contribution in [0.1, 0.15) is 24.6 Å². The number of aliphatic hydroxyl groups is 1. The van der Waals surface area contributed by atoms with Crippen LogP contribution in [0.4, 0.5) is 0 Å². The quantitative estimate of drug-likeness (QED) is 0.906. The van der Waals surface area contributed by atoms with Crippen molar-refractivity contribution in [2.24, 2.45) is 0 Å². The first-order valence-electron chi connectivity index (χ1n) is 6.30. The molecule has 1 aromatic rings. The maximum Gasteiger partial charge on any atom is 0.0987 e. The lowest BCUT2D eigenvalue weighted by Crippen LogP contribution is -2.50. The van der Waals surface area contributed by atoms with Crippen molar-refractivity contribution in [3.63, 3.8) is 0 Å². The summed E-state index contributed by atoms with van der Waals surface area (Å²) in [5.74, 6) is 0. The standard InChI is InChI=1S/C13H19ClO3S/c1-2-17-13(5-7-16-8-6-13)11(15)9-10-3-4-12(14)18-10/h3-4,11,15H,2,5-9H2,1H3. The van der Waals surface area contributed by atoms with Gasteiger partial charge in [-0.2, -0.15) is 0 Å². The molecule has 0 spiro atoms. The van der Waals surface area contributed by atoms with E-state index in [2.05, 4.69) is 0 Å². The minimum Gasteiger partial charge on any atom is -0.390 e. The highest BCUT2D eigenvalue weighted by Gasteiger charge is 2.40. The van der Waals surface area contributed by atoms with Crippen molar-refractivity contribution in [3.05, 3.63) is 21.3 Å². The first-order chi connectivity index (χ1) is 8.66. The van der Waals surface area contributed by atoms with Gasteiger partial charge in [-0.15, -0.1) is 11.3 Å². The van der Waals surface area contributed by atoms with Crippen molar-refractivity contribution in [2.45, 2.75) is 37.9 Å². The number of hydrogen-bond donors (Lipinski definition) is 1. The lowest BCUT2D eigenvalue weighted by Gasteiger charge is -2.40. The number of ether oxygens (including phenoxy) is 2. The van der Waals surface area contributed by atoms with Gasteiger partial charge in [-0.1, -0.05) is 11.6 Å². The van der Waals surface area contributed by atoms with Crippen LogP contribution in [0.3, 0.4) is 0 Å². The number of rotatable bonds is 5. The molecule has 1 aliphatic rings. The third-order valence-corrected chi connectivity index (χ3v) is 4.66. The predicted molar refractivity (Wildman–Crippen MR) is 73.4 cm³/mol. The molecule has 0 aromatic carbocycles. The van der Waals surface area contributed by atoms with Crippen LogP contribution >= 0.6 is 22.9 Å². The van der Waals surface area contributed by atoms with Crippen molar-refractivity contribution in [3.8, 4) is 0 Å². The van der Waals surface area contributed by atoms with Crippen molar-refractivity contribution in [1.29, 1.82) is 0 Å². The van der Waals surface area contributed by atoms with E-state index in [-0.39, 0.29) is 0 Å². The Hall–Kier alpha value is -0.130. The highest BCUT2D eigenvalue weighted by molar-refractivity contribution is 7.16. The average Bonchev–Trinajstić information content (AvgIpc) is 2.76. The van der Waals surface area contributed by atoms with Gasteiger partial charge in [0.1, 0.15) is 0 Å². The molecule has 2 rings (SSSR count). The Balaban J connectivity index is 2.05. The van der Waals surface area contributed by atoms with E-state index < -0.39 is 11.7 Å². The topological polar surface area (TPSA) is 38.7 Å². The third kappa shape index (κ3) is 3.25. The maximum absolute atomic E-state index is 10.5. The molecule has 5 heteroatoms. The van der Waals surface area contributed by atoms with Gasteiger partial charge in [-0.25, -0.2) is 0 Å². The third-order valence-electron chi connectivity index (χ3n) is 3.40. The van der Waals surface area contributed by atoms with Gasteiger partial charge in [0.25, 0.3) is 0 Å². The van der Waals surface area contributed by atoms with E-state index in [4.69, 9.17) is 21.1 Å². The summed E-state index contributed by atoms with van der Waals surface area (Å²) in [6.45, 7) is 3.89. The van der Waals surface area contributed by atoms with Crippen LogP contribution in [0.2, 0.25) is 4.34 Å². The Morgan fingerprint density at radius 2 is 2.22 bits per heavy atom. The summed E-state index contributed by atoms with van der Waals surface area (Å²) >= 11 is 7.43. The Labute approximate surface area is 117 Å². The molecule has 1 unspecified atom stereocenters. The molecule has 1 fully saturated rings. The second-order valence-corrected chi connectivity index (χ2v) is 6.34. The minimum atomic E-state index is -0.504. The SMILES string of the molecule is CCOC1(C(O)Cc2ccc(Cl)s2)CCOCC1. The molecule has 1 atom stereocenters. The fraction of sp³-hybridized carbons (Fsp3) is 0.692. The number of aliphatic hydroxyl groups excluding tert-OH is 1. The molecule has 0 radical (unpaired) electrons. The highest BCUT2D eigenvalue weighted by Crippen LogP contribution is 2.32. The van der Waals surface area contributed by atoms with Gasteiger partial charge < -0.3 is 14.6 Å². The van der Waals surface area contributed by atoms with Gasteiger partial charge in [0, 0.05) is 44.0 Å². The molecule has 1 aliphatic heterocycles. The van der Waals surface area contributed by atoms with E-state index >= 15 is 0 Å². The zero-order valence-electron chi connectivity index (χ0n) is 10.5. The van der Waals surface area contributed by atoms with Crippen LogP contribution in [0.5, 0.6) is 0 Å². The molecule has 3 nitrogen and oxygen atoms in total. The molecule has 1 saturated heterocycles. The monoisotopic (exact) mass is 290 g/mol. The van der Waals surface area contributed by atoms with E-state index in [1.807, 2.05) is 19.1 Å². The lowest BCUT2D eigenvalue weighted by atomic mass is 9.86. The summed E-state index contributed by atoms with van der Waals surface area (Å²) in [4.78, 5) is 1.10. The highest BCUT2D eigenvalue weighted by atomic mass is 35.5. The molecule has 18 heavy (non-hydrogen) atoms. The summed E-state index contributed by atoms with van der Waals surface area (Å²) in [7, 11) is 0. The van der Waals surface area contributed by atoms with Crippen molar-refractivity contribution in [1.82, 2.24) is 0 Å². The van der Waals surface area contributed by atoms with E-state index in [1.165, 1.54) is 11.3 Å². The van der Waals surface area contributed by atoms with E-state index in [1.54, 1.807) is 0 Å². The van der Waals surface area contributed by atoms with Gasteiger partial charge in [0.05, 0.1) is 16.0 Å². The molecule has 0 amide bonds. The lowest BCUT2D eigenvalue weighted by molar-refractivity contribution is -0.165. The van der Waals surface area contributed by atoms with Gasteiger partial charge in [-0.3, -0.25) is 0 Å². The molecule has 102 valence electrons.